The van der Waals surface area contributed by atoms with Crippen molar-refractivity contribution in [1.29, 1.82) is 0 Å². The van der Waals surface area contributed by atoms with Crippen LogP contribution in [-0.4, -0.2) is 50.4 Å². The Morgan fingerprint density at radius 1 is 0.800 bits per heavy atom. The van der Waals surface area contributed by atoms with E-state index < -0.39 is 53.7 Å². The van der Waals surface area contributed by atoms with Gasteiger partial charge in [-0.1, -0.05) is 3.71 Å². The number of halogens is 6. The summed E-state index contributed by atoms with van der Waals surface area (Å²) in [6.07, 6.45) is -10.6. The summed E-state index contributed by atoms with van der Waals surface area (Å²) < 4.78 is 117. The minimum atomic E-state index is -5.49. The summed E-state index contributed by atoms with van der Waals surface area (Å²) in [5, 5.41) is 0. The monoisotopic (exact) mass is 351 g/mol. The number of sulfonamides is 2. The van der Waals surface area contributed by atoms with E-state index in [9.17, 15) is 43.2 Å². The van der Waals surface area contributed by atoms with Crippen molar-refractivity contribution in [2.75, 3.05) is 11.5 Å². The summed E-state index contributed by atoms with van der Waals surface area (Å²) in [5.41, 5.74) is 0. The highest BCUT2D eigenvalue weighted by Gasteiger charge is 2.47. The predicted molar refractivity (Wildman–Crippen MR) is 56.7 cm³/mol. The van der Waals surface area contributed by atoms with E-state index in [4.69, 9.17) is 0 Å². The SMILES string of the molecule is CC(C)N(S(=O)(=O)CC(F)(F)F)S(=O)(=O)CC(F)(F)F. The summed E-state index contributed by atoms with van der Waals surface area (Å²) in [6, 6.07) is -1.62. The first-order chi connectivity index (χ1) is 8.48. The molecule has 0 aliphatic rings. The Bertz CT molecular complexity index is 487. The molecule has 0 aliphatic heterocycles. The first kappa shape index (κ1) is 19.4. The Morgan fingerprint density at radius 3 is 1.20 bits per heavy atom. The summed E-state index contributed by atoms with van der Waals surface area (Å²) in [5.74, 6) is -5.12. The Morgan fingerprint density at radius 2 is 1.05 bits per heavy atom. The second-order valence-corrected chi connectivity index (χ2v) is 7.98. The molecule has 0 atom stereocenters. The fraction of sp³-hybridized carbons (Fsp3) is 1.00. The molecule has 0 saturated carbocycles. The van der Waals surface area contributed by atoms with Crippen molar-refractivity contribution < 1.29 is 43.2 Å². The van der Waals surface area contributed by atoms with Crippen LogP contribution in [0.1, 0.15) is 13.8 Å². The van der Waals surface area contributed by atoms with Gasteiger partial charge in [-0.15, -0.1) is 0 Å². The molecule has 0 rings (SSSR count). The number of hydrogen-bond acceptors (Lipinski definition) is 4. The molecular weight excluding hydrogens is 340 g/mol. The molecular formula is C7H11F6NO4S2. The Labute approximate surface area is 111 Å². The standard InChI is InChI=1S/C7H11F6NO4S2/c1-5(2)14(19(15,16)3-6(8,9)10)20(17,18)4-7(11,12)13/h5H,3-4H2,1-2H3. The average Bonchev–Trinajstić information content (AvgIpc) is 1.87. The molecule has 0 aromatic heterocycles. The van der Waals surface area contributed by atoms with E-state index in [1.165, 1.54) is 0 Å². The normalized spacial score (nSPS) is 15.1. The molecule has 0 saturated heterocycles. The van der Waals surface area contributed by atoms with Gasteiger partial charge in [0.2, 0.25) is 20.0 Å². The first-order valence-corrected chi connectivity index (χ1v) is 8.08. The van der Waals surface area contributed by atoms with Crippen molar-refractivity contribution in [3.05, 3.63) is 0 Å². The van der Waals surface area contributed by atoms with Gasteiger partial charge in [-0.2, -0.15) is 26.3 Å². The zero-order valence-corrected chi connectivity index (χ0v) is 11.8. The lowest BCUT2D eigenvalue weighted by Crippen LogP contribution is -2.48. The minimum absolute atomic E-state index is 0.749. The van der Waals surface area contributed by atoms with E-state index in [-0.39, 0.29) is 0 Å². The smallest absolute Gasteiger partial charge is 0.211 e. The molecule has 0 amide bonds. The lowest BCUT2D eigenvalue weighted by Gasteiger charge is -2.26. The van der Waals surface area contributed by atoms with Crippen LogP contribution >= 0.6 is 0 Å². The van der Waals surface area contributed by atoms with E-state index in [2.05, 4.69) is 0 Å². The Kier molecular flexibility index (Phi) is 5.52. The first-order valence-electron chi connectivity index (χ1n) is 4.86. The average molecular weight is 351 g/mol. The molecule has 20 heavy (non-hydrogen) atoms. The quantitative estimate of drug-likeness (QED) is 0.704. The fourth-order valence-electron chi connectivity index (χ4n) is 1.36. The fourth-order valence-corrected chi connectivity index (χ4v) is 5.42. The number of nitrogens with zero attached hydrogens (tertiary/aromatic N) is 1. The second-order valence-electron chi connectivity index (χ2n) is 4.06. The van der Waals surface area contributed by atoms with Crippen LogP contribution in [0.4, 0.5) is 26.3 Å². The molecule has 0 N–H and O–H groups in total. The van der Waals surface area contributed by atoms with Gasteiger partial charge in [-0.05, 0) is 13.8 Å². The van der Waals surface area contributed by atoms with Gasteiger partial charge >= 0.3 is 12.4 Å². The van der Waals surface area contributed by atoms with Crippen molar-refractivity contribution in [3.8, 4) is 0 Å². The van der Waals surface area contributed by atoms with Gasteiger partial charge < -0.3 is 0 Å². The topological polar surface area (TPSA) is 71.5 Å². The highest BCUT2D eigenvalue weighted by Crippen LogP contribution is 2.26. The molecule has 0 aliphatic carbocycles. The van der Waals surface area contributed by atoms with Crippen molar-refractivity contribution in [2.45, 2.75) is 32.2 Å². The summed E-state index contributed by atoms with van der Waals surface area (Å²) >= 11 is 0. The number of alkyl halides is 6. The van der Waals surface area contributed by atoms with Crippen LogP contribution in [0.15, 0.2) is 0 Å². The van der Waals surface area contributed by atoms with Gasteiger partial charge in [0.25, 0.3) is 0 Å². The van der Waals surface area contributed by atoms with Gasteiger partial charge in [0.1, 0.15) is 0 Å². The van der Waals surface area contributed by atoms with Crippen LogP contribution in [0.25, 0.3) is 0 Å². The van der Waals surface area contributed by atoms with Gasteiger partial charge in [0.15, 0.2) is 11.5 Å². The molecule has 13 heteroatoms. The van der Waals surface area contributed by atoms with Gasteiger partial charge in [-0.3, -0.25) is 0 Å². The maximum Gasteiger partial charge on any atom is 0.404 e. The van der Waals surface area contributed by atoms with Crippen LogP contribution in [0.2, 0.25) is 0 Å². The molecule has 0 bridgehead atoms. The molecule has 0 heterocycles. The van der Waals surface area contributed by atoms with Crippen LogP contribution in [0.5, 0.6) is 0 Å². The van der Waals surface area contributed by atoms with Crippen LogP contribution in [0.3, 0.4) is 0 Å². The molecule has 0 aromatic carbocycles. The lowest BCUT2D eigenvalue weighted by molar-refractivity contribution is -0.107. The summed E-state index contributed by atoms with van der Waals surface area (Å²) in [4.78, 5) is 0. The van der Waals surface area contributed by atoms with E-state index >= 15 is 0 Å². The van der Waals surface area contributed by atoms with Crippen LogP contribution in [0, 0.1) is 0 Å². The zero-order chi connectivity index (χ0) is 16.6. The Balaban J connectivity index is 5.70. The van der Waals surface area contributed by atoms with E-state index in [0.29, 0.717) is 0 Å². The van der Waals surface area contributed by atoms with Crippen LogP contribution in [-0.2, 0) is 20.0 Å². The van der Waals surface area contributed by atoms with Crippen molar-refractivity contribution in [1.82, 2.24) is 3.71 Å². The molecule has 5 nitrogen and oxygen atoms in total. The number of rotatable bonds is 5. The van der Waals surface area contributed by atoms with Gasteiger partial charge in [-0.25, -0.2) is 16.8 Å². The van der Waals surface area contributed by atoms with E-state index in [1.54, 1.807) is 0 Å². The Hall–Kier alpha value is -0.560. The van der Waals surface area contributed by atoms with E-state index in [1.807, 2.05) is 0 Å². The van der Waals surface area contributed by atoms with Crippen molar-refractivity contribution in [3.63, 3.8) is 0 Å². The van der Waals surface area contributed by atoms with Gasteiger partial charge in [0, 0.05) is 6.04 Å². The minimum Gasteiger partial charge on any atom is -0.211 e. The third-order valence-electron chi connectivity index (χ3n) is 1.66. The summed E-state index contributed by atoms with van der Waals surface area (Å²) in [6.45, 7) is 1.70. The predicted octanol–water partition coefficient (Wildman–Crippen LogP) is 1.48. The van der Waals surface area contributed by atoms with E-state index in [0.717, 1.165) is 13.8 Å². The maximum atomic E-state index is 12.1. The van der Waals surface area contributed by atoms with Crippen molar-refractivity contribution >= 4 is 20.0 Å². The third-order valence-corrected chi connectivity index (χ3v) is 6.35. The third kappa shape index (κ3) is 6.26. The highest BCUT2D eigenvalue weighted by molar-refractivity contribution is 8.04. The molecule has 0 fully saturated rings. The van der Waals surface area contributed by atoms with Gasteiger partial charge in [0.05, 0.1) is 0 Å². The van der Waals surface area contributed by atoms with Crippen molar-refractivity contribution in [2.24, 2.45) is 0 Å². The number of hydrogen-bond donors (Lipinski definition) is 0. The second kappa shape index (κ2) is 5.67. The summed E-state index contributed by atoms with van der Waals surface area (Å²) in [7, 11) is -11.0. The molecule has 0 unspecified atom stereocenters. The maximum absolute atomic E-state index is 12.1. The molecule has 0 radical (unpaired) electrons. The largest absolute Gasteiger partial charge is 0.404 e. The highest BCUT2D eigenvalue weighted by atomic mass is 32.3. The molecule has 0 aromatic rings. The molecule has 0 spiro atoms. The molecule has 122 valence electrons. The van der Waals surface area contributed by atoms with Crippen LogP contribution < -0.4 is 0 Å². The zero-order valence-electron chi connectivity index (χ0n) is 10.2. The lowest BCUT2D eigenvalue weighted by atomic mass is 10.4.